The number of aryl methyl sites for hydroxylation is 1. The van der Waals surface area contributed by atoms with Crippen LogP contribution in [0.3, 0.4) is 0 Å². The van der Waals surface area contributed by atoms with Crippen molar-refractivity contribution in [2.75, 3.05) is 36.5 Å². The van der Waals surface area contributed by atoms with Gasteiger partial charge in [0.25, 0.3) is 0 Å². The molecule has 1 atom stereocenters. The fraction of sp³-hybridized carbons (Fsp3) is 0.565. The van der Waals surface area contributed by atoms with E-state index in [1.54, 1.807) is 25.6 Å². The lowest BCUT2D eigenvalue weighted by molar-refractivity contribution is -0.146. The highest BCUT2D eigenvalue weighted by atomic mass is 32.2. The van der Waals surface area contributed by atoms with Crippen LogP contribution >= 0.6 is 11.8 Å². The predicted octanol–water partition coefficient (Wildman–Crippen LogP) is 4.03. The number of carbonyl (C=O) groups excluding carboxylic acids is 2. The molecule has 1 fully saturated rings. The normalized spacial score (nSPS) is 16.5. The molecule has 2 aliphatic heterocycles. The van der Waals surface area contributed by atoms with Crippen LogP contribution < -0.4 is 15.5 Å². The minimum Gasteiger partial charge on any atom is -0.462 e. The number of anilines is 2. The maximum Gasteiger partial charge on any atom is 0.347 e. The number of esters is 2. The van der Waals surface area contributed by atoms with E-state index in [-0.39, 0.29) is 24.3 Å². The Kier molecular flexibility index (Phi) is 8.66. The van der Waals surface area contributed by atoms with Crippen LogP contribution in [-0.2, 0) is 25.5 Å². The standard InChI is InChI=1S/C23H33N3O4S/c1-4-7-8-9-10-16-13-19-20(31-23-24-11-12-26(19)23)14-18(16)25-15-17(21(27)29-5-2)22(28)30-6-3/h13-15,23-25H,4-12H2,1-3H3. The number of unbranched alkanes of at least 4 members (excludes halogenated alkanes) is 3. The average Bonchev–Trinajstić information content (AvgIpc) is 3.33. The lowest BCUT2D eigenvalue weighted by Gasteiger charge is -2.18. The molecule has 0 spiro atoms. The minimum atomic E-state index is -0.682. The summed E-state index contributed by atoms with van der Waals surface area (Å²) in [5, 5.41) is 6.72. The summed E-state index contributed by atoms with van der Waals surface area (Å²) in [5.41, 5.74) is 3.51. The monoisotopic (exact) mass is 447 g/mol. The molecule has 0 aliphatic carbocycles. The van der Waals surface area contributed by atoms with E-state index >= 15 is 0 Å². The average molecular weight is 448 g/mol. The third kappa shape index (κ3) is 5.74. The van der Waals surface area contributed by atoms with E-state index in [1.165, 1.54) is 41.6 Å². The van der Waals surface area contributed by atoms with E-state index in [1.807, 2.05) is 0 Å². The van der Waals surface area contributed by atoms with Crippen LogP contribution in [0.5, 0.6) is 0 Å². The van der Waals surface area contributed by atoms with Gasteiger partial charge in [0, 0.05) is 29.9 Å². The summed E-state index contributed by atoms with van der Waals surface area (Å²) in [5.74, 6) is -1.36. The van der Waals surface area contributed by atoms with E-state index in [0.717, 1.165) is 31.6 Å². The van der Waals surface area contributed by atoms with Crippen molar-refractivity contribution >= 4 is 35.1 Å². The summed E-state index contributed by atoms with van der Waals surface area (Å²) in [6, 6.07) is 4.38. The van der Waals surface area contributed by atoms with E-state index in [2.05, 4.69) is 34.6 Å². The fourth-order valence-corrected chi connectivity index (χ4v) is 5.06. The summed E-state index contributed by atoms with van der Waals surface area (Å²) in [4.78, 5) is 28.2. The van der Waals surface area contributed by atoms with Crippen LogP contribution in [0.25, 0.3) is 0 Å². The van der Waals surface area contributed by atoms with Gasteiger partial charge in [-0.1, -0.05) is 37.9 Å². The minimum absolute atomic E-state index is 0.129. The lowest BCUT2D eigenvalue weighted by Crippen LogP contribution is -2.28. The van der Waals surface area contributed by atoms with Gasteiger partial charge in [0.2, 0.25) is 0 Å². The van der Waals surface area contributed by atoms with Crippen LogP contribution in [0.2, 0.25) is 0 Å². The first-order valence-electron chi connectivity index (χ1n) is 11.2. The van der Waals surface area contributed by atoms with Crippen LogP contribution in [0.1, 0.15) is 52.0 Å². The molecule has 1 aromatic carbocycles. The summed E-state index contributed by atoms with van der Waals surface area (Å²) < 4.78 is 10.1. The molecule has 0 radical (unpaired) electrons. The predicted molar refractivity (Wildman–Crippen MR) is 124 cm³/mol. The van der Waals surface area contributed by atoms with Crippen molar-refractivity contribution in [1.82, 2.24) is 5.32 Å². The summed E-state index contributed by atoms with van der Waals surface area (Å²) in [6.07, 6.45) is 7.06. The molecule has 31 heavy (non-hydrogen) atoms. The number of thioether (sulfide) groups is 1. The molecule has 0 amide bonds. The quantitative estimate of drug-likeness (QED) is 0.173. The number of ether oxygens (including phenoxy) is 2. The number of benzene rings is 1. The van der Waals surface area contributed by atoms with Crippen molar-refractivity contribution in [3.05, 3.63) is 29.5 Å². The number of fused-ring (bicyclic) bond motifs is 3. The molecule has 2 N–H and O–H groups in total. The Bertz CT molecular complexity index is 807. The molecule has 2 aliphatic rings. The Morgan fingerprint density at radius 1 is 1.16 bits per heavy atom. The van der Waals surface area contributed by atoms with Gasteiger partial charge < -0.3 is 19.7 Å². The van der Waals surface area contributed by atoms with Gasteiger partial charge in [-0.3, -0.25) is 5.32 Å². The van der Waals surface area contributed by atoms with Crippen molar-refractivity contribution in [1.29, 1.82) is 0 Å². The van der Waals surface area contributed by atoms with Gasteiger partial charge in [0.15, 0.2) is 5.57 Å². The first kappa shape index (κ1) is 23.5. The van der Waals surface area contributed by atoms with E-state index in [9.17, 15) is 9.59 Å². The SMILES string of the molecule is CCCCCCc1cc2c(cc1NC=C(C(=O)OCC)C(=O)OCC)SC1NCCN21. The molecule has 0 saturated carbocycles. The smallest absolute Gasteiger partial charge is 0.347 e. The molecule has 7 nitrogen and oxygen atoms in total. The number of rotatable bonds is 11. The molecule has 0 bridgehead atoms. The zero-order valence-corrected chi connectivity index (χ0v) is 19.5. The van der Waals surface area contributed by atoms with Crippen molar-refractivity contribution in [2.45, 2.75) is 63.3 Å². The highest BCUT2D eigenvalue weighted by molar-refractivity contribution is 8.00. The molecule has 0 aromatic heterocycles. The van der Waals surface area contributed by atoms with Crippen molar-refractivity contribution in [3.63, 3.8) is 0 Å². The van der Waals surface area contributed by atoms with E-state index in [0.29, 0.717) is 0 Å². The van der Waals surface area contributed by atoms with Gasteiger partial charge in [0.1, 0.15) is 5.50 Å². The Hall–Kier alpha value is -2.19. The molecule has 1 saturated heterocycles. The van der Waals surface area contributed by atoms with E-state index in [4.69, 9.17) is 9.47 Å². The van der Waals surface area contributed by atoms with Gasteiger partial charge in [-0.05, 0) is 44.4 Å². The third-order valence-corrected chi connectivity index (χ3v) is 6.58. The number of hydrogen-bond acceptors (Lipinski definition) is 8. The topological polar surface area (TPSA) is 79.9 Å². The van der Waals surface area contributed by atoms with Crippen LogP contribution in [0.4, 0.5) is 11.4 Å². The van der Waals surface area contributed by atoms with Crippen molar-refractivity contribution in [2.24, 2.45) is 0 Å². The van der Waals surface area contributed by atoms with Gasteiger partial charge in [-0.25, -0.2) is 9.59 Å². The Morgan fingerprint density at radius 3 is 2.58 bits per heavy atom. The van der Waals surface area contributed by atoms with E-state index < -0.39 is 11.9 Å². The zero-order valence-electron chi connectivity index (χ0n) is 18.7. The lowest BCUT2D eigenvalue weighted by atomic mass is 10.0. The Morgan fingerprint density at radius 2 is 1.90 bits per heavy atom. The number of nitrogens with zero attached hydrogens (tertiary/aromatic N) is 1. The second-order valence-corrected chi connectivity index (χ2v) is 8.67. The molecule has 2 heterocycles. The van der Waals surface area contributed by atoms with Crippen molar-refractivity contribution < 1.29 is 19.1 Å². The van der Waals surface area contributed by atoms with Crippen LogP contribution in [-0.4, -0.2) is 43.7 Å². The maximum atomic E-state index is 12.3. The molecule has 170 valence electrons. The zero-order chi connectivity index (χ0) is 22.2. The largest absolute Gasteiger partial charge is 0.462 e. The number of hydrogen-bond donors (Lipinski definition) is 2. The summed E-state index contributed by atoms with van der Waals surface area (Å²) >= 11 is 1.80. The second-order valence-electron chi connectivity index (χ2n) is 7.55. The number of nitrogens with one attached hydrogen (secondary N) is 2. The molecular formula is C23H33N3O4S. The molecular weight excluding hydrogens is 414 g/mol. The third-order valence-electron chi connectivity index (χ3n) is 5.35. The van der Waals surface area contributed by atoms with Gasteiger partial charge in [0.05, 0.1) is 18.9 Å². The van der Waals surface area contributed by atoms with Gasteiger partial charge in [-0.2, -0.15) is 0 Å². The molecule has 1 unspecified atom stereocenters. The van der Waals surface area contributed by atoms with Crippen LogP contribution in [0.15, 0.2) is 28.8 Å². The Balaban J connectivity index is 1.86. The highest BCUT2D eigenvalue weighted by Crippen LogP contribution is 2.46. The molecule has 1 aromatic rings. The fourth-order valence-electron chi connectivity index (χ4n) is 3.79. The second kappa shape index (κ2) is 11.4. The first-order chi connectivity index (χ1) is 15.1. The maximum absolute atomic E-state index is 12.3. The molecule has 3 rings (SSSR count). The Labute approximate surface area is 188 Å². The molecule has 8 heteroatoms. The number of carbonyl (C=O) groups is 2. The van der Waals surface area contributed by atoms with Crippen LogP contribution in [0, 0.1) is 0 Å². The summed E-state index contributed by atoms with van der Waals surface area (Å²) in [7, 11) is 0. The van der Waals surface area contributed by atoms with Gasteiger partial charge in [-0.15, -0.1) is 0 Å². The van der Waals surface area contributed by atoms with Crippen molar-refractivity contribution in [3.8, 4) is 0 Å². The first-order valence-corrected chi connectivity index (χ1v) is 12.1. The van der Waals surface area contributed by atoms with Gasteiger partial charge >= 0.3 is 11.9 Å². The summed E-state index contributed by atoms with van der Waals surface area (Å²) in [6.45, 7) is 8.00. The highest BCUT2D eigenvalue weighted by Gasteiger charge is 2.34.